The molecule has 0 aliphatic heterocycles. The number of phenols is 1. The molecule has 0 aliphatic carbocycles. The molecule has 0 bridgehead atoms. The third-order valence-electron chi connectivity index (χ3n) is 2.21. The Kier molecular flexibility index (Phi) is 3.96. The largest absolute Gasteiger partial charge is 0.504 e. The molecule has 1 rings (SSSR count). The second kappa shape index (κ2) is 5.08. The van der Waals surface area contributed by atoms with Gasteiger partial charge < -0.3 is 14.6 Å². The van der Waals surface area contributed by atoms with Crippen molar-refractivity contribution in [3.8, 4) is 11.5 Å². The number of rotatable bonds is 2. The highest BCUT2D eigenvalue weighted by Crippen LogP contribution is 2.32. The molecule has 1 aromatic rings. The maximum Gasteiger partial charge on any atom is 0.341 e. The van der Waals surface area contributed by atoms with E-state index in [1.54, 1.807) is 20.8 Å². The average molecular weight is 252 g/mol. The van der Waals surface area contributed by atoms with Crippen molar-refractivity contribution in [1.82, 2.24) is 0 Å². The summed E-state index contributed by atoms with van der Waals surface area (Å²) < 4.78 is 9.63. The van der Waals surface area contributed by atoms with Crippen LogP contribution in [0.4, 0.5) is 0 Å². The highest BCUT2D eigenvalue weighted by molar-refractivity contribution is 5.94. The summed E-state index contributed by atoms with van der Waals surface area (Å²) in [5.41, 5.74) is -0.731. The van der Waals surface area contributed by atoms with Crippen LogP contribution in [0.5, 0.6) is 11.5 Å². The second-order valence-electron chi connectivity index (χ2n) is 4.78. The van der Waals surface area contributed by atoms with Gasteiger partial charge in [0, 0.05) is 0 Å². The first kappa shape index (κ1) is 14.0. The van der Waals surface area contributed by atoms with Crippen LogP contribution in [0, 0.1) is 5.41 Å². The molecule has 1 aromatic carbocycles. The summed E-state index contributed by atoms with van der Waals surface area (Å²) in [4.78, 5) is 23.3. The van der Waals surface area contributed by atoms with Crippen LogP contribution in [0.25, 0.3) is 0 Å². The summed E-state index contributed by atoms with van der Waals surface area (Å²) in [5.74, 6) is -1.68. The summed E-state index contributed by atoms with van der Waals surface area (Å²) in [7, 11) is 1.21. The predicted molar refractivity (Wildman–Crippen MR) is 64.5 cm³/mol. The Morgan fingerprint density at radius 3 is 2.33 bits per heavy atom. The van der Waals surface area contributed by atoms with Gasteiger partial charge in [-0.3, -0.25) is 4.79 Å². The van der Waals surface area contributed by atoms with Crippen molar-refractivity contribution in [3.63, 3.8) is 0 Å². The minimum absolute atomic E-state index is 0.00935. The fraction of sp³-hybridized carbons (Fsp3) is 0.385. The molecule has 0 heterocycles. The second-order valence-corrected chi connectivity index (χ2v) is 4.78. The number of aromatic hydroxyl groups is 1. The van der Waals surface area contributed by atoms with Gasteiger partial charge in [-0.15, -0.1) is 0 Å². The molecule has 0 aromatic heterocycles. The summed E-state index contributed by atoms with van der Waals surface area (Å²) in [5, 5.41) is 9.67. The predicted octanol–water partition coefficient (Wildman–Crippen LogP) is 2.13. The minimum Gasteiger partial charge on any atom is -0.504 e. The van der Waals surface area contributed by atoms with E-state index < -0.39 is 17.4 Å². The Balaban J connectivity index is 3.15. The zero-order valence-corrected chi connectivity index (χ0v) is 10.8. The number of methoxy groups -OCH3 is 1. The molecule has 5 heteroatoms. The van der Waals surface area contributed by atoms with E-state index in [4.69, 9.17) is 4.74 Å². The monoisotopic (exact) mass is 252 g/mol. The van der Waals surface area contributed by atoms with Gasteiger partial charge in [-0.25, -0.2) is 4.79 Å². The first-order valence-corrected chi connectivity index (χ1v) is 5.40. The first-order chi connectivity index (χ1) is 8.27. The Labute approximate surface area is 105 Å². The molecule has 0 radical (unpaired) electrons. The summed E-state index contributed by atoms with van der Waals surface area (Å²) >= 11 is 0. The van der Waals surface area contributed by atoms with Crippen LogP contribution in [0.3, 0.4) is 0 Å². The summed E-state index contributed by atoms with van der Waals surface area (Å²) in [6.07, 6.45) is 0. The van der Waals surface area contributed by atoms with E-state index >= 15 is 0 Å². The fourth-order valence-corrected chi connectivity index (χ4v) is 1.15. The number of hydrogen-bond acceptors (Lipinski definition) is 5. The van der Waals surface area contributed by atoms with Gasteiger partial charge >= 0.3 is 11.9 Å². The van der Waals surface area contributed by atoms with Crippen molar-refractivity contribution in [2.75, 3.05) is 7.11 Å². The van der Waals surface area contributed by atoms with Gasteiger partial charge in [0.15, 0.2) is 11.5 Å². The smallest absolute Gasteiger partial charge is 0.341 e. The van der Waals surface area contributed by atoms with Gasteiger partial charge in [-0.05, 0) is 32.9 Å². The Hall–Kier alpha value is -2.04. The molecular formula is C13H16O5. The number of esters is 2. The highest BCUT2D eigenvalue weighted by atomic mass is 16.6. The van der Waals surface area contributed by atoms with Gasteiger partial charge in [0.25, 0.3) is 0 Å². The van der Waals surface area contributed by atoms with Crippen molar-refractivity contribution in [2.24, 2.45) is 5.41 Å². The normalized spacial score (nSPS) is 10.9. The lowest BCUT2D eigenvalue weighted by Gasteiger charge is -2.18. The minimum atomic E-state index is -0.740. The number of para-hydroxylation sites is 1. The lowest BCUT2D eigenvalue weighted by Crippen LogP contribution is -2.26. The van der Waals surface area contributed by atoms with Crippen molar-refractivity contribution < 1.29 is 24.2 Å². The van der Waals surface area contributed by atoms with Crippen LogP contribution in [-0.4, -0.2) is 24.2 Å². The van der Waals surface area contributed by atoms with Crippen molar-refractivity contribution in [1.29, 1.82) is 0 Å². The molecular weight excluding hydrogens is 236 g/mol. The van der Waals surface area contributed by atoms with Crippen LogP contribution >= 0.6 is 0 Å². The number of ether oxygens (including phenoxy) is 2. The van der Waals surface area contributed by atoms with E-state index in [-0.39, 0.29) is 17.1 Å². The zero-order valence-electron chi connectivity index (χ0n) is 10.8. The van der Waals surface area contributed by atoms with E-state index in [9.17, 15) is 14.7 Å². The maximum absolute atomic E-state index is 11.8. The van der Waals surface area contributed by atoms with Crippen LogP contribution < -0.4 is 4.74 Å². The van der Waals surface area contributed by atoms with E-state index in [1.165, 1.54) is 25.3 Å². The third kappa shape index (κ3) is 3.00. The third-order valence-corrected chi connectivity index (χ3v) is 2.21. The van der Waals surface area contributed by atoms with Crippen molar-refractivity contribution in [2.45, 2.75) is 20.8 Å². The standard InChI is InChI=1S/C13H16O5/c1-13(2,3)12(16)18-10-8(11(15)17-4)6-5-7-9(10)14/h5-7,14H,1-4H3. The van der Waals surface area contributed by atoms with Gasteiger partial charge in [-0.2, -0.15) is 0 Å². The van der Waals surface area contributed by atoms with Crippen LogP contribution in [0.2, 0.25) is 0 Å². The van der Waals surface area contributed by atoms with Crippen molar-refractivity contribution >= 4 is 11.9 Å². The van der Waals surface area contributed by atoms with E-state index in [1.807, 2.05) is 0 Å². The molecule has 1 N–H and O–H groups in total. The Morgan fingerprint density at radius 2 is 1.83 bits per heavy atom. The molecule has 0 amide bonds. The molecule has 0 saturated carbocycles. The number of carbonyl (C=O) groups excluding carboxylic acids is 2. The average Bonchev–Trinajstić information content (AvgIpc) is 2.29. The molecule has 0 saturated heterocycles. The van der Waals surface area contributed by atoms with Crippen LogP contribution in [0.15, 0.2) is 18.2 Å². The Bertz CT molecular complexity index is 471. The van der Waals surface area contributed by atoms with Crippen molar-refractivity contribution in [3.05, 3.63) is 23.8 Å². The van der Waals surface area contributed by atoms with Crippen LogP contribution in [0.1, 0.15) is 31.1 Å². The first-order valence-electron chi connectivity index (χ1n) is 5.40. The van der Waals surface area contributed by atoms with Crippen LogP contribution in [-0.2, 0) is 9.53 Å². The quantitative estimate of drug-likeness (QED) is 0.644. The lowest BCUT2D eigenvalue weighted by molar-refractivity contribution is -0.143. The molecule has 0 unspecified atom stereocenters. The molecule has 0 fully saturated rings. The Morgan fingerprint density at radius 1 is 1.22 bits per heavy atom. The molecule has 0 atom stereocenters. The van der Waals surface area contributed by atoms with Gasteiger partial charge in [0.05, 0.1) is 12.5 Å². The summed E-state index contributed by atoms with van der Waals surface area (Å²) in [6, 6.07) is 4.21. The molecule has 98 valence electrons. The summed E-state index contributed by atoms with van der Waals surface area (Å²) in [6.45, 7) is 5.02. The molecule has 0 spiro atoms. The van der Waals surface area contributed by atoms with E-state index in [0.717, 1.165) is 0 Å². The topological polar surface area (TPSA) is 72.8 Å². The van der Waals surface area contributed by atoms with Gasteiger partial charge in [0.2, 0.25) is 0 Å². The molecule has 18 heavy (non-hydrogen) atoms. The van der Waals surface area contributed by atoms with Gasteiger partial charge in [-0.1, -0.05) is 6.07 Å². The van der Waals surface area contributed by atoms with E-state index in [0.29, 0.717) is 0 Å². The van der Waals surface area contributed by atoms with E-state index in [2.05, 4.69) is 4.74 Å². The molecule has 5 nitrogen and oxygen atoms in total. The lowest BCUT2D eigenvalue weighted by atomic mass is 9.97. The number of carbonyl (C=O) groups is 2. The highest BCUT2D eigenvalue weighted by Gasteiger charge is 2.27. The van der Waals surface area contributed by atoms with Gasteiger partial charge in [0.1, 0.15) is 5.56 Å². The zero-order chi connectivity index (χ0) is 13.9. The number of benzene rings is 1. The maximum atomic E-state index is 11.8. The fourth-order valence-electron chi connectivity index (χ4n) is 1.15. The molecule has 0 aliphatic rings. The SMILES string of the molecule is COC(=O)c1cccc(O)c1OC(=O)C(C)(C)C. The number of phenolic OH excluding ortho intramolecular Hbond substituents is 1. The number of hydrogen-bond donors (Lipinski definition) is 1.